The third-order valence-electron chi connectivity index (χ3n) is 2.52. The van der Waals surface area contributed by atoms with Gasteiger partial charge in [-0.2, -0.15) is 0 Å². The molecule has 0 radical (unpaired) electrons. The van der Waals surface area contributed by atoms with Crippen molar-refractivity contribution in [3.63, 3.8) is 0 Å². The van der Waals surface area contributed by atoms with Crippen molar-refractivity contribution < 1.29 is 0 Å². The molecule has 0 bridgehead atoms. The molecule has 5 heteroatoms. The van der Waals surface area contributed by atoms with Gasteiger partial charge in [0.2, 0.25) is 0 Å². The third-order valence-corrected chi connectivity index (χ3v) is 2.52. The van der Waals surface area contributed by atoms with Gasteiger partial charge in [0.15, 0.2) is 0 Å². The molecule has 0 heterocycles. The molecule has 104 valence electrons. The highest BCUT2D eigenvalue weighted by molar-refractivity contribution is 4.55. The van der Waals surface area contributed by atoms with Crippen molar-refractivity contribution in [3.05, 3.63) is 0 Å². The number of hydrogen-bond acceptors (Lipinski definition) is 5. The summed E-state index contributed by atoms with van der Waals surface area (Å²) in [5, 5.41) is 16.5. The van der Waals surface area contributed by atoms with E-state index in [1.165, 1.54) is 12.8 Å². The van der Waals surface area contributed by atoms with Crippen LogP contribution in [-0.4, -0.2) is 66.5 Å². The van der Waals surface area contributed by atoms with E-state index in [0.29, 0.717) is 0 Å². The fourth-order valence-electron chi connectivity index (χ4n) is 1.48. The van der Waals surface area contributed by atoms with Gasteiger partial charge in [-0.1, -0.05) is 0 Å². The Bertz CT molecular complexity index is 118. The van der Waals surface area contributed by atoms with Crippen molar-refractivity contribution in [1.82, 2.24) is 26.6 Å². The van der Waals surface area contributed by atoms with Gasteiger partial charge in [0.25, 0.3) is 0 Å². The monoisotopic (exact) mass is 245 g/mol. The van der Waals surface area contributed by atoms with Gasteiger partial charge in [0, 0.05) is 26.2 Å². The van der Waals surface area contributed by atoms with Gasteiger partial charge in [-0.25, -0.2) is 0 Å². The van der Waals surface area contributed by atoms with Crippen LogP contribution in [0.1, 0.15) is 12.8 Å². The van der Waals surface area contributed by atoms with E-state index in [1.54, 1.807) is 0 Å². The number of likely N-dealkylation sites (N-methyl/N-ethyl adjacent to an activating group) is 2. The van der Waals surface area contributed by atoms with Crippen LogP contribution in [0.5, 0.6) is 0 Å². The molecule has 0 aromatic rings. The first-order chi connectivity index (χ1) is 8.41. The smallest absolute Gasteiger partial charge is 0.00766 e. The molecule has 0 aliphatic rings. The van der Waals surface area contributed by atoms with E-state index in [-0.39, 0.29) is 0 Å². The summed E-state index contributed by atoms with van der Waals surface area (Å²) in [5.41, 5.74) is 0. The van der Waals surface area contributed by atoms with Gasteiger partial charge in [0.1, 0.15) is 0 Å². The zero-order valence-electron chi connectivity index (χ0n) is 11.6. The second-order valence-corrected chi connectivity index (χ2v) is 4.16. The first-order valence-corrected chi connectivity index (χ1v) is 6.83. The van der Waals surface area contributed by atoms with Crippen molar-refractivity contribution in [2.24, 2.45) is 0 Å². The van der Waals surface area contributed by atoms with E-state index in [2.05, 4.69) is 26.6 Å². The van der Waals surface area contributed by atoms with Crippen molar-refractivity contribution in [3.8, 4) is 0 Å². The van der Waals surface area contributed by atoms with Crippen LogP contribution >= 0.6 is 0 Å². The summed E-state index contributed by atoms with van der Waals surface area (Å²) in [6.07, 6.45) is 2.41. The maximum atomic E-state index is 3.46. The molecule has 0 amide bonds. The third kappa shape index (κ3) is 15.8. The van der Waals surface area contributed by atoms with Gasteiger partial charge in [-0.05, 0) is 53.1 Å². The van der Waals surface area contributed by atoms with Crippen molar-refractivity contribution in [2.45, 2.75) is 12.8 Å². The lowest BCUT2D eigenvalue weighted by Crippen LogP contribution is -2.29. The van der Waals surface area contributed by atoms with Crippen LogP contribution in [0.15, 0.2) is 0 Å². The van der Waals surface area contributed by atoms with E-state index in [4.69, 9.17) is 0 Å². The van der Waals surface area contributed by atoms with E-state index < -0.39 is 0 Å². The standard InChI is InChI=1S/C12H31N5/c1-13-9-11-16-7-3-5-15-6-4-8-17-12-10-14-2/h13-17H,3-12H2,1-2H3. The quantitative estimate of drug-likeness (QED) is 0.254. The molecule has 0 saturated carbocycles. The molecule has 0 aliphatic heterocycles. The fourth-order valence-corrected chi connectivity index (χ4v) is 1.48. The lowest BCUT2D eigenvalue weighted by molar-refractivity contribution is 0.559. The Morgan fingerprint density at radius 2 is 0.824 bits per heavy atom. The summed E-state index contributed by atoms with van der Waals surface area (Å²) in [6.45, 7) is 8.66. The van der Waals surface area contributed by atoms with E-state index in [1.807, 2.05) is 14.1 Å². The number of nitrogens with one attached hydrogen (secondary N) is 5. The Morgan fingerprint density at radius 1 is 0.471 bits per heavy atom. The highest BCUT2D eigenvalue weighted by Crippen LogP contribution is 1.76. The minimum absolute atomic E-state index is 1.05. The van der Waals surface area contributed by atoms with E-state index in [9.17, 15) is 0 Å². The van der Waals surface area contributed by atoms with Crippen LogP contribution in [0.25, 0.3) is 0 Å². The summed E-state index contributed by atoms with van der Waals surface area (Å²) in [5.74, 6) is 0. The molecule has 0 aliphatic carbocycles. The van der Waals surface area contributed by atoms with Gasteiger partial charge < -0.3 is 26.6 Å². The predicted octanol–water partition coefficient (Wildman–Crippen LogP) is -1.03. The molecule has 0 aromatic heterocycles. The predicted molar refractivity (Wildman–Crippen MR) is 75.7 cm³/mol. The maximum Gasteiger partial charge on any atom is 0.00766 e. The molecule has 0 unspecified atom stereocenters. The number of rotatable bonds is 14. The van der Waals surface area contributed by atoms with Crippen LogP contribution in [0.2, 0.25) is 0 Å². The number of hydrogen-bond donors (Lipinski definition) is 5. The van der Waals surface area contributed by atoms with E-state index >= 15 is 0 Å². The van der Waals surface area contributed by atoms with Gasteiger partial charge in [-0.3, -0.25) is 0 Å². The Morgan fingerprint density at radius 3 is 1.18 bits per heavy atom. The topological polar surface area (TPSA) is 60.1 Å². The largest absolute Gasteiger partial charge is 0.318 e. The van der Waals surface area contributed by atoms with Crippen molar-refractivity contribution in [1.29, 1.82) is 0 Å². The Balaban J connectivity index is 2.85. The van der Waals surface area contributed by atoms with Crippen molar-refractivity contribution >= 4 is 0 Å². The molecular weight excluding hydrogens is 214 g/mol. The van der Waals surface area contributed by atoms with Crippen LogP contribution < -0.4 is 26.6 Å². The first-order valence-electron chi connectivity index (χ1n) is 6.83. The van der Waals surface area contributed by atoms with Crippen LogP contribution in [0.4, 0.5) is 0 Å². The van der Waals surface area contributed by atoms with Crippen molar-refractivity contribution in [2.75, 3.05) is 66.5 Å². The Kier molecular flexibility index (Phi) is 15.6. The molecule has 0 atom stereocenters. The minimum Gasteiger partial charge on any atom is -0.318 e. The molecule has 17 heavy (non-hydrogen) atoms. The molecule has 0 rings (SSSR count). The lowest BCUT2D eigenvalue weighted by atomic mass is 10.3. The first kappa shape index (κ1) is 16.8. The summed E-state index contributed by atoms with van der Waals surface area (Å²) >= 11 is 0. The fraction of sp³-hybridized carbons (Fsp3) is 1.00. The summed E-state index contributed by atoms with van der Waals surface area (Å²) < 4.78 is 0. The van der Waals surface area contributed by atoms with E-state index in [0.717, 1.165) is 52.4 Å². The van der Waals surface area contributed by atoms with Gasteiger partial charge in [-0.15, -0.1) is 0 Å². The zero-order chi connectivity index (χ0) is 12.6. The average Bonchev–Trinajstić information content (AvgIpc) is 2.35. The summed E-state index contributed by atoms with van der Waals surface area (Å²) in [4.78, 5) is 0. The molecule has 0 saturated heterocycles. The molecule has 5 nitrogen and oxygen atoms in total. The molecule has 5 N–H and O–H groups in total. The van der Waals surface area contributed by atoms with Gasteiger partial charge in [0.05, 0.1) is 0 Å². The van der Waals surface area contributed by atoms with Crippen LogP contribution in [0, 0.1) is 0 Å². The summed E-state index contributed by atoms with van der Waals surface area (Å²) in [7, 11) is 3.96. The minimum atomic E-state index is 1.05. The molecule has 0 spiro atoms. The lowest BCUT2D eigenvalue weighted by Gasteiger charge is -2.07. The average molecular weight is 245 g/mol. The molecule has 0 aromatic carbocycles. The SMILES string of the molecule is CNCCNCCCNCCCNCCNC. The zero-order valence-corrected chi connectivity index (χ0v) is 11.6. The normalized spacial score (nSPS) is 10.9. The second kappa shape index (κ2) is 15.8. The Labute approximate surface area is 107 Å². The van der Waals surface area contributed by atoms with Crippen LogP contribution in [-0.2, 0) is 0 Å². The second-order valence-electron chi connectivity index (χ2n) is 4.16. The molecule has 0 fully saturated rings. The Hall–Kier alpha value is -0.200. The highest BCUT2D eigenvalue weighted by atomic mass is 14.9. The summed E-state index contributed by atoms with van der Waals surface area (Å²) in [6, 6.07) is 0. The maximum absolute atomic E-state index is 3.46. The van der Waals surface area contributed by atoms with Crippen LogP contribution in [0.3, 0.4) is 0 Å². The van der Waals surface area contributed by atoms with Gasteiger partial charge >= 0.3 is 0 Å². The molecular formula is C12H31N5. The highest BCUT2D eigenvalue weighted by Gasteiger charge is 1.90.